The quantitative estimate of drug-likeness (QED) is 0.766. The zero-order chi connectivity index (χ0) is 10.6. The first kappa shape index (κ1) is 12.7. The molecule has 0 amide bonds. The smallest absolute Gasteiger partial charge is 0.408 e. The maximum absolute atomic E-state index is 5.50. The topological polar surface area (TPSA) is 18.5 Å². The van der Waals surface area contributed by atoms with Gasteiger partial charge >= 0.3 is 7.12 Å². The van der Waals surface area contributed by atoms with Gasteiger partial charge in [-0.05, 0) is 51.8 Å². The van der Waals surface area contributed by atoms with E-state index in [1.54, 1.807) is 11.3 Å². The molecule has 0 aliphatic heterocycles. The van der Waals surface area contributed by atoms with Crippen LogP contribution in [0, 0.1) is 0 Å². The molecule has 0 aromatic carbocycles. The molecule has 0 saturated carbocycles. The number of hydrogen-bond donors (Lipinski definition) is 0. The van der Waals surface area contributed by atoms with Crippen molar-refractivity contribution in [3.63, 3.8) is 0 Å². The van der Waals surface area contributed by atoms with Crippen molar-refractivity contribution in [1.29, 1.82) is 0 Å². The van der Waals surface area contributed by atoms with Gasteiger partial charge in [0.25, 0.3) is 0 Å². The summed E-state index contributed by atoms with van der Waals surface area (Å²) in [5.74, 6) is 0. The van der Waals surface area contributed by atoms with Crippen LogP contribution in [0.25, 0.3) is 0 Å². The van der Waals surface area contributed by atoms with Crippen molar-refractivity contribution in [2.75, 3.05) is 13.2 Å². The van der Waals surface area contributed by atoms with Crippen LogP contribution in [0.1, 0.15) is 13.8 Å². The number of rotatable bonds is 5. The van der Waals surface area contributed by atoms with Crippen LogP contribution in [0.2, 0.25) is 0 Å². The fourth-order valence-electron chi connectivity index (χ4n) is 1.04. The maximum Gasteiger partial charge on any atom is 0.495 e. The Balaban J connectivity index is 2.80. The molecule has 0 radical (unpaired) electrons. The first-order chi connectivity index (χ1) is 6.69. The highest BCUT2D eigenvalue weighted by Crippen LogP contribution is 2.25. The van der Waals surface area contributed by atoms with Gasteiger partial charge in [-0.3, -0.25) is 0 Å². The second-order valence-corrected chi connectivity index (χ2v) is 6.27. The minimum atomic E-state index is -0.262. The molecular weight excluding hydrogens is 331 g/mol. The maximum atomic E-state index is 5.50. The summed E-state index contributed by atoms with van der Waals surface area (Å²) < 4.78 is 13.1. The van der Waals surface area contributed by atoms with E-state index in [0.29, 0.717) is 13.2 Å². The van der Waals surface area contributed by atoms with E-state index in [-0.39, 0.29) is 7.12 Å². The lowest BCUT2D eigenvalue weighted by Crippen LogP contribution is -2.36. The Bertz CT molecular complexity index is 287. The fraction of sp³-hybridized carbons (Fsp3) is 0.500. The van der Waals surface area contributed by atoms with Gasteiger partial charge in [-0.2, -0.15) is 0 Å². The molecule has 0 aliphatic rings. The van der Waals surface area contributed by atoms with Crippen LogP contribution in [0.4, 0.5) is 0 Å². The third-order valence-electron chi connectivity index (χ3n) is 1.57. The van der Waals surface area contributed by atoms with Crippen molar-refractivity contribution in [2.24, 2.45) is 0 Å². The lowest BCUT2D eigenvalue weighted by molar-refractivity contribution is 0.225. The van der Waals surface area contributed by atoms with Crippen LogP contribution in [0.5, 0.6) is 0 Å². The average Bonchev–Trinajstić information content (AvgIpc) is 2.45. The molecule has 6 heteroatoms. The number of thiophene rings is 1. The summed E-state index contributed by atoms with van der Waals surface area (Å²) >= 11 is 8.54. The zero-order valence-electron chi connectivity index (χ0n) is 8.05. The van der Waals surface area contributed by atoms with E-state index >= 15 is 0 Å². The van der Waals surface area contributed by atoms with Crippen LogP contribution in [-0.4, -0.2) is 20.3 Å². The summed E-state index contributed by atoms with van der Waals surface area (Å²) in [7, 11) is -0.262. The number of halogens is 2. The first-order valence-corrected chi connectivity index (χ1v) is 6.77. The van der Waals surface area contributed by atoms with Crippen LogP contribution >= 0.6 is 43.2 Å². The van der Waals surface area contributed by atoms with Gasteiger partial charge in [-0.15, -0.1) is 11.3 Å². The van der Waals surface area contributed by atoms with Crippen molar-refractivity contribution in [2.45, 2.75) is 13.8 Å². The van der Waals surface area contributed by atoms with E-state index in [9.17, 15) is 0 Å². The molecule has 0 atom stereocenters. The molecule has 0 fully saturated rings. The Morgan fingerprint density at radius 1 is 1.29 bits per heavy atom. The molecule has 0 bridgehead atoms. The molecule has 0 spiro atoms. The van der Waals surface area contributed by atoms with Crippen molar-refractivity contribution >= 4 is 55.8 Å². The molecule has 1 aromatic heterocycles. The molecule has 1 aromatic rings. The highest BCUT2D eigenvalue weighted by atomic mass is 79.9. The summed E-state index contributed by atoms with van der Waals surface area (Å²) in [4.78, 5) is 0. The molecule has 0 saturated heterocycles. The van der Waals surface area contributed by atoms with Gasteiger partial charge in [0.15, 0.2) is 0 Å². The molecule has 0 aliphatic carbocycles. The van der Waals surface area contributed by atoms with Crippen molar-refractivity contribution in [1.82, 2.24) is 0 Å². The minimum absolute atomic E-state index is 0.262. The third-order valence-corrected chi connectivity index (χ3v) is 3.96. The summed E-state index contributed by atoms with van der Waals surface area (Å²) in [6, 6.07) is 2.02. The monoisotopic (exact) mass is 340 g/mol. The molecule has 2 nitrogen and oxygen atoms in total. The lowest BCUT2D eigenvalue weighted by Gasteiger charge is -2.11. The standard InChI is InChI=1S/C8H11BBr2O2S/c1-3-12-9(13-4-2)6-5-7(10)14-8(6)11/h5H,3-4H2,1-2H3. The van der Waals surface area contributed by atoms with Gasteiger partial charge in [0.2, 0.25) is 0 Å². The minimum Gasteiger partial charge on any atom is -0.408 e. The molecule has 0 unspecified atom stereocenters. The van der Waals surface area contributed by atoms with Crippen molar-refractivity contribution in [3.8, 4) is 0 Å². The Morgan fingerprint density at radius 3 is 2.21 bits per heavy atom. The van der Waals surface area contributed by atoms with Crippen LogP contribution in [-0.2, 0) is 9.31 Å². The van der Waals surface area contributed by atoms with E-state index < -0.39 is 0 Å². The number of hydrogen-bond acceptors (Lipinski definition) is 3. The predicted molar refractivity (Wildman–Crippen MR) is 68.4 cm³/mol. The van der Waals surface area contributed by atoms with E-state index in [1.807, 2.05) is 19.9 Å². The van der Waals surface area contributed by atoms with Gasteiger partial charge in [0, 0.05) is 18.7 Å². The largest absolute Gasteiger partial charge is 0.495 e. The van der Waals surface area contributed by atoms with Crippen LogP contribution in [0.3, 0.4) is 0 Å². The fourth-order valence-corrected chi connectivity index (χ4v) is 3.88. The summed E-state index contributed by atoms with van der Waals surface area (Å²) in [5, 5.41) is 0. The third kappa shape index (κ3) is 3.34. The highest BCUT2D eigenvalue weighted by molar-refractivity contribution is 9.12. The van der Waals surface area contributed by atoms with E-state index in [1.165, 1.54) is 0 Å². The van der Waals surface area contributed by atoms with Gasteiger partial charge in [-0.25, -0.2) is 0 Å². The SMILES string of the molecule is CCOB(OCC)c1cc(Br)sc1Br. The van der Waals surface area contributed by atoms with Gasteiger partial charge in [-0.1, -0.05) is 0 Å². The summed E-state index contributed by atoms with van der Waals surface area (Å²) in [6.07, 6.45) is 0. The predicted octanol–water partition coefficient (Wildman–Crippen LogP) is 3.04. The van der Waals surface area contributed by atoms with E-state index in [4.69, 9.17) is 9.31 Å². The van der Waals surface area contributed by atoms with Crippen molar-refractivity contribution < 1.29 is 9.31 Å². The van der Waals surface area contributed by atoms with Gasteiger partial charge < -0.3 is 9.31 Å². The molecule has 78 valence electrons. The Kier molecular flexibility index (Phi) is 5.70. The van der Waals surface area contributed by atoms with Crippen LogP contribution < -0.4 is 5.46 Å². The second kappa shape index (κ2) is 6.28. The Labute approximate surface area is 105 Å². The lowest BCUT2D eigenvalue weighted by atomic mass is 9.81. The second-order valence-electron chi connectivity index (χ2n) is 2.52. The molecule has 0 N–H and O–H groups in total. The summed E-state index contributed by atoms with van der Waals surface area (Å²) in [6.45, 7) is 5.21. The Hall–Kier alpha value is 0.645. The van der Waals surface area contributed by atoms with E-state index in [0.717, 1.165) is 13.0 Å². The molecular formula is C8H11BBr2O2S. The van der Waals surface area contributed by atoms with Crippen LogP contribution in [0.15, 0.2) is 13.6 Å². The highest BCUT2D eigenvalue weighted by Gasteiger charge is 2.24. The molecule has 1 rings (SSSR count). The first-order valence-electron chi connectivity index (χ1n) is 4.37. The van der Waals surface area contributed by atoms with Gasteiger partial charge in [0.05, 0.1) is 7.57 Å². The van der Waals surface area contributed by atoms with E-state index in [2.05, 4.69) is 31.9 Å². The van der Waals surface area contributed by atoms with Gasteiger partial charge in [0.1, 0.15) is 0 Å². The normalized spacial score (nSPS) is 10.6. The zero-order valence-corrected chi connectivity index (χ0v) is 12.0. The molecule has 14 heavy (non-hydrogen) atoms. The average molecular weight is 342 g/mol. The van der Waals surface area contributed by atoms with Crippen molar-refractivity contribution in [3.05, 3.63) is 13.6 Å². The Morgan fingerprint density at radius 2 is 1.86 bits per heavy atom. The molecule has 1 heterocycles. The summed E-state index contributed by atoms with van der Waals surface area (Å²) in [5.41, 5.74) is 1.05.